The van der Waals surface area contributed by atoms with Gasteiger partial charge in [-0.2, -0.15) is 0 Å². The van der Waals surface area contributed by atoms with E-state index in [0.29, 0.717) is 5.25 Å². The molecule has 0 spiro atoms. The van der Waals surface area contributed by atoms with Gasteiger partial charge in [-0.3, -0.25) is 4.79 Å². The highest BCUT2D eigenvalue weighted by Crippen LogP contribution is 2.41. The minimum Gasteiger partial charge on any atom is -0.481 e. The van der Waals surface area contributed by atoms with Gasteiger partial charge in [-0.1, -0.05) is 43.2 Å². The van der Waals surface area contributed by atoms with Crippen molar-refractivity contribution in [3.05, 3.63) is 35.9 Å². The maximum atomic E-state index is 10.9. The van der Waals surface area contributed by atoms with Gasteiger partial charge in [-0.05, 0) is 18.4 Å². The fourth-order valence-corrected chi connectivity index (χ4v) is 3.95. The molecule has 0 aromatic heterocycles. The first-order valence-corrected chi connectivity index (χ1v) is 7.12. The molecule has 17 heavy (non-hydrogen) atoms. The van der Waals surface area contributed by atoms with E-state index in [1.807, 2.05) is 42.1 Å². The van der Waals surface area contributed by atoms with Crippen LogP contribution in [0.4, 0.5) is 0 Å². The second kappa shape index (κ2) is 6.10. The smallest absolute Gasteiger partial charge is 0.304 e. The van der Waals surface area contributed by atoms with Crippen LogP contribution in [0.5, 0.6) is 0 Å². The van der Waals surface area contributed by atoms with Gasteiger partial charge in [0.1, 0.15) is 0 Å². The maximum Gasteiger partial charge on any atom is 0.304 e. The third kappa shape index (κ3) is 3.77. The van der Waals surface area contributed by atoms with Crippen molar-refractivity contribution in [3.8, 4) is 0 Å². The highest BCUT2D eigenvalue weighted by atomic mass is 32.2. The lowest BCUT2D eigenvalue weighted by Crippen LogP contribution is -2.07. The Hall–Kier alpha value is -0.960. The zero-order chi connectivity index (χ0) is 12.1. The Balaban J connectivity index is 2.04. The summed E-state index contributed by atoms with van der Waals surface area (Å²) in [6.45, 7) is 0. The molecule has 2 nitrogen and oxygen atoms in total. The maximum absolute atomic E-state index is 10.9. The van der Waals surface area contributed by atoms with E-state index in [4.69, 9.17) is 5.11 Å². The van der Waals surface area contributed by atoms with Crippen LogP contribution in [0.2, 0.25) is 0 Å². The number of hydrogen-bond donors (Lipinski definition) is 1. The van der Waals surface area contributed by atoms with Gasteiger partial charge >= 0.3 is 5.97 Å². The summed E-state index contributed by atoms with van der Waals surface area (Å²) in [6.07, 6.45) is 5.31. The summed E-state index contributed by atoms with van der Waals surface area (Å²) in [7, 11) is 0. The van der Waals surface area contributed by atoms with Gasteiger partial charge in [0.2, 0.25) is 0 Å². The molecule has 0 radical (unpaired) electrons. The molecule has 1 aromatic rings. The Morgan fingerprint density at radius 2 is 1.94 bits per heavy atom. The highest BCUT2D eigenvalue weighted by Gasteiger charge is 2.23. The molecular formula is C14H18O2S. The summed E-state index contributed by atoms with van der Waals surface area (Å²) in [4.78, 5) is 10.9. The fraction of sp³-hybridized carbons (Fsp3) is 0.500. The van der Waals surface area contributed by atoms with Gasteiger partial charge in [0.15, 0.2) is 0 Å². The molecule has 1 aromatic carbocycles. The average molecular weight is 250 g/mol. The van der Waals surface area contributed by atoms with Gasteiger partial charge in [-0.15, -0.1) is 11.8 Å². The summed E-state index contributed by atoms with van der Waals surface area (Å²) in [5.41, 5.74) is 1.15. The van der Waals surface area contributed by atoms with Gasteiger partial charge in [-0.25, -0.2) is 0 Å². The Kier molecular flexibility index (Phi) is 4.49. The quantitative estimate of drug-likeness (QED) is 0.861. The van der Waals surface area contributed by atoms with E-state index >= 15 is 0 Å². The van der Waals surface area contributed by atoms with Crippen molar-refractivity contribution in [3.63, 3.8) is 0 Å². The van der Waals surface area contributed by atoms with E-state index in [2.05, 4.69) is 0 Å². The van der Waals surface area contributed by atoms with Crippen LogP contribution >= 0.6 is 11.8 Å². The van der Waals surface area contributed by atoms with Crippen LogP contribution < -0.4 is 0 Å². The van der Waals surface area contributed by atoms with Gasteiger partial charge in [0, 0.05) is 10.5 Å². The molecule has 1 unspecified atom stereocenters. The van der Waals surface area contributed by atoms with Gasteiger partial charge in [0.05, 0.1) is 6.42 Å². The fourth-order valence-electron chi connectivity index (χ4n) is 2.33. The van der Waals surface area contributed by atoms with Crippen LogP contribution in [-0.4, -0.2) is 16.3 Å². The third-order valence-electron chi connectivity index (χ3n) is 3.19. The second-order valence-electron chi connectivity index (χ2n) is 4.54. The van der Waals surface area contributed by atoms with Crippen LogP contribution in [-0.2, 0) is 4.79 Å². The van der Waals surface area contributed by atoms with Gasteiger partial charge in [0.25, 0.3) is 0 Å². The SMILES string of the molecule is O=C(O)CC(SC1CCCC1)c1ccccc1. The molecule has 1 saturated carbocycles. The summed E-state index contributed by atoms with van der Waals surface area (Å²) >= 11 is 1.85. The van der Waals surface area contributed by atoms with Crippen molar-refractivity contribution in [1.29, 1.82) is 0 Å². The first-order valence-electron chi connectivity index (χ1n) is 6.18. The van der Waals surface area contributed by atoms with E-state index in [1.54, 1.807) is 0 Å². The van der Waals surface area contributed by atoms with Crippen LogP contribution in [0.25, 0.3) is 0 Å². The van der Waals surface area contributed by atoms with E-state index in [0.717, 1.165) is 5.56 Å². The zero-order valence-electron chi connectivity index (χ0n) is 9.84. The Labute approximate surface area is 106 Å². The van der Waals surface area contributed by atoms with Crippen LogP contribution in [0, 0.1) is 0 Å². The molecule has 92 valence electrons. The number of carboxylic acids is 1. The molecule has 1 fully saturated rings. The van der Waals surface area contributed by atoms with Crippen molar-refractivity contribution >= 4 is 17.7 Å². The summed E-state index contributed by atoms with van der Waals surface area (Å²) in [6, 6.07) is 10.0. The molecule has 0 bridgehead atoms. The first-order chi connectivity index (χ1) is 8.25. The second-order valence-corrected chi connectivity index (χ2v) is 6.05. The predicted octanol–water partition coefficient (Wildman–Crippen LogP) is 3.88. The Bertz CT molecular complexity index is 358. The number of benzene rings is 1. The van der Waals surface area contributed by atoms with Crippen molar-refractivity contribution in [2.75, 3.05) is 0 Å². The zero-order valence-corrected chi connectivity index (χ0v) is 10.7. The number of rotatable bonds is 5. The first kappa shape index (κ1) is 12.5. The molecule has 1 aliphatic carbocycles. The molecule has 0 aliphatic heterocycles. The van der Waals surface area contributed by atoms with Gasteiger partial charge < -0.3 is 5.11 Å². The minimum absolute atomic E-state index is 0.108. The number of carbonyl (C=O) groups is 1. The van der Waals surface area contributed by atoms with E-state index in [1.165, 1.54) is 25.7 Å². The largest absolute Gasteiger partial charge is 0.481 e. The molecule has 1 aliphatic rings. The van der Waals surface area contributed by atoms with E-state index in [9.17, 15) is 4.79 Å². The standard InChI is InChI=1S/C14H18O2S/c15-14(16)10-13(11-6-2-1-3-7-11)17-12-8-4-5-9-12/h1-3,6-7,12-13H,4-5,8-10H2,(H,15,16). The van der Waals surface area contributed by atoms with E-state index < -0.39 is 5.97 Å². The lowest BCUT2D eigenvalue weighted by atomic mass is 10.1. The van der Waals surface area contributed by atoms with Crippen molar-refractivity contribution < 1.29 is 9.90 Å². The van der Waals surface area contributed by atoms with Crippen molar-refractivity contribution in [2.45, 2.75) is 42.6 Å². The molecule has 3 heteroatoms. The molecule has 0 amide bonds. The Morgan fingerprint density at radius 1 is 1.29 bits per heavy atom. The molecular weight excluding hydrogens is 232 g/mol. The average Bonchev–Trinajstić information content (AvgIpc) is 2.82. The van der Waals surface area contributed by atoms with Crippen LogP contribution in [0.15, 0.2) is 30.3 Å². The van der Waals surface area contributed by atoms with Crippen molar-refractivity contribution in [1.82, 2.24) is 0 Å². The van der Waals surface area contributed by atoms with Crippen molar-refractivity contribution in [2.24, 2.45) is 0 Å². The van der Waals surface area contributed by atoms with Crippen LogP contribution in [0.3, 0.4) is 0 Å². The van der Waals surface area contributed by atoms with Crippen LogP contribution in [0.1, 0.15) is 42.9 Å². The molecule has 0 heterocycles. The molecule has 2 rings (SSSR count). The number of thioether (sulfide) groups is 1. The molecule has 1 atom stereocenters. The van der Waals surface area contributed by atoms with E-state index in [-0.39, 0.29) is 11.7 Å². The highest BCUT2D eigenvalue weighted by molar-refractivity contribution is 8.00. The third-order valence-corrected chi connectivity index (χ3v) is 4.81. The normalized spacial score (nSPS) is 18.1. The molecule has 0 saturated heterocycles. The summed E-state index contributed by atoms with van der Waals surface area (Å²) in [5, 5.41) is 9.77. The summed E-state index contributed by atoms with van der Waals surface area (Å²) in [5.74, 6) is -0.704. The monoisotopic (exact) mass is 250 g/mol. The summed E-state index contributed by atoms with van der Waals surface area (Å²) < 4.78 is 0. The number of hydrogen-bond acceptors (Lipinski definition) is 2. The predicted molar refractivity (Wildman–Crippen MR) is 71.3 cm³/mol. The minimum atomic E-state index is -0.704. The Morgan fingerprint density at radius 3 is 2.53 bits per heavy atom. The lowest BCUT2D eigenvalue weighted by molar-refractivity contribution is -0.137. The number of carboxylic acid groups (broad SMARTS) is 1. The molecule has 1 N–H and O–H groups in total. The number of aliphatic carboxylic acids is 1. The topological polar surface area (TPSA) is 37.3 Å². The lowest BCUT2D eigenvalue weighted by Gasteiger charge is -2.19.